The maximum Gasteiger partial charge on any atom is 0.249 e. The average Bonchev–Trinajstić information content (AvgIpc) is 2.66. The summed E-state index contributed by atoms with van der Waals surface area (Å²) >= 11 is 0. The van der Waals surface area contributed by atoms with Gasteiger partial charge in [-0.05, 0) is 48.4 Å². The highest BCUT2D eigenvalue weighted by Crippen LogP contribution is 2.31. The van der Waals surface area contributed by atoms with Gasteiger partial charge >= 0.3 is 0 Å². The van der Waals surface area contributed by atoms with Crippen LogP contribution >= 0.6 is 0 Å². The topological polar surface area (TPSA) is 41.1 Å². The van der Waals surface area contributed by atoms with Crippen LogP contribution in [-0.4, -0.2) is 5.91 Å². The van der Waals surface area contributed by atoms with Crippen LogP contribution in [-0.2, 0) is 4.79 Å². The van der Waals surface area contributed by atoms with E-state index in [9.17, 15) is 9.18 Å². The number of halogens is 1. The molecule has 2 N–H and O–H groups in total. The lowest BCUT2D eigenvalue weighted by molar-refractivity contribution is -0.125. The van der Waals surface area contributed by atoms with E-state index in [1.54, 1.807) is 6.07 Å². The Bertz CT molecular complexity index is 734. The Morgan fingerprint density at radius 1 is 1.15 bits per heavy atom. The summed E-state index contributed by atoms with van der Waals surface area (Å²) in [4.78, 5) is 11.7. The highest BCUT2D eigenvalue weighted by molar-refractivity contribution is 5.94. The molecule has 1 aliphatic heterocycles. The molecular weight excluding hydrogens is 255 g/mol. The fourth-order valence-electron chi connectivity index (χ4n) is 2.33. The van der Waals surface area contributed by atoms with Gasteiger partial charge < -0.3 is 5.43 Å². The van der Waals surface area contributed by atoms with Crippen LogP contribution in [0.3, 0.4) is 0 Å². The first-order valence-electron chi connectivity index (χ1n) is 6.45. The number of carbonyl (C=O) groups excluding carboxylic acids is 1. The van der Waals surface area contributed by atoms with Crippen molar-refractivity contribution in [3.63, 3.8) is 0 Å². The van der Waals surface area contributed by atoms with Crippen molar-refractivity contribution < 1.29 is 9.18 Å². The monoisotopic (exact) mass is 270 g/mol. The summed E-state index contributed by atoms with van der Waals surface area (Å²) in [6.45, 7) is 3.69. The molecule has 0 spiro atoms. The summed E-state index contributed by atoms with van der Waals surface area (Å²) in [5.74, 6) is -0.341. The molecule has 1 aliphatic rings. The van der Waals surface area contributed by atoms with Crippen molar-refractivity contribution in [2.75, 3.05) is 0 Å². The first kappa shape index (κ1) is 12.7. The number of carbonyl (C=O) groups is 1. The highest BCUT2D eigenvalue weighted by Gasteiger charge is 2.37. The minimum absolute atomic E-state index is 0.0739. The van der Waals surface area contributed by atoms with Gasteiger partial charge in [-0.25, -0.2) is 4.39 Å². The van der Waals surface area contributed by atoms with Crippen molar-refractivity contribution in [2.45, 2.75) is 13.8 Å². The number of hydrazine groups is 1. The fourth-order valence-corrected chi connectivity index (χ4v) is 2.33. The molecule has 3 rings (SSSR count). The number of amides is 1. The third kappa shape index (κ3) is 1.93. The van der Waals surface area contributed by atoms with Crippen molar-refractivity contribution in [3.05, 3.63) is 53.5 Å². The lowest BCUT2D eigenvalue weighted by Crippen LogP contribution is -2.28. The van der Waals surface area contributed by atoms with Crippen molar-refractivity contribution in [3.8, 4) is 0 Å². The summed E-state index contributed by atoms with van der Waals surface area (Å²) in [5, 5.41) is 1.80. The number of hydrogen-bond donors (Lipinski definition) is 2. The van der Waals surface area contributed by atoms with Crippen LogP contribution in [0.5, 0.6) is 0 Å². The molecule has 0 bridgehead atoms. The van der Waals surface area contributed by atoms with Crippen molar-refractivity contribution in [1.29, 1.82) is 0 Å². The van der Waals surface area contributed by atoms with Crippen LogP contribution in [0.2, 0.25) is 0 Å². The molecule has 20 heavy (non-hydrogen) atoms. The number of benzene rings is 2. The Morgan fingerprint density at radius 2 is 1.95 bits per heavy atom. The maximum atomic E-state index is 13.4. The SMILES string of the molecule is CC1(C)C(=O)NN/C1=C\c1cccc2ccc(F)cc12. The van der Waals surface area contributed by atoms with Gasteiger partial charge in [-0.1, -0.05) is 24.3 Å². The number of rotatable bonds is 1. The predicted molar refractivity (Wildman–Crippen MR) is 76.9 cm³/mol. The van der Waals surface area contributed by atoms with Crippen molar-refractivity contribution in [2.24, 2.45) is 5.41 Å². The zero-order valence-corrected chi connectivity index (χ0v) is 11.3. The van der Waals surface area contributed by atoms with Crippen molar-refractivity contribution >= 4 is 22.8 Å². The van der Waals surface area contributed by atoms with E-state index in [2.05, 4.69) is 10.9 Å². The Labute approximate surface area is 116 Å². The summed E-state index contributed by atoms with van der Waals surface area (Å²) in [6.07, 6.45) is 1.89. The van der Waals surface area contributed by atoms with E-state index in [-0.39, 0.29) is 11.7 Å². The molecule has 102 valence electrons. The summed E-state index contributed by atoms with van der Waals surface area (Å²) in [5.41, 5.74) is 6.55. The van der Waals surface area contributed by atoms with E-state index in [0.717, 1.165) is 22.0 Å². The maximum absolute atomic E-state index is 13.4. The molecule has 0 saturated carbocycles. The molecule has 1 saturated heterocycles. The summed E-state index contributed by atoms with van der Waals surface area (Å²) in [6, 6.07) is 10.5. The van der Waals surface area contributed by atoms with Gasteiger partial charge in [0.15, 0.2) is 0 Å². The lowest BCUT2D eigenvalue weighted by atomic mass is 9.88. The second-order valence-electron chi connectivity index (χ2n) is 5.47. The normalized spacial score (nSPS) is 19.1. The zero-order valence-electron chi connectivity index (χ0n) is 11.3. The smallest absolute Gasteiger partial charge is 0.249 e. The Hall–Kier alpha value is -2.36. The molecule has 4 heteroatoms. The van der Waals surface area contributed by atoms with Gasteiger partial charge in [0.1, 0.15) is 5.82 Å². The third-order valence-electron chi connectivity index (χ3n) is 3.73. The molecule has 1 fully saturated rings. The predicted octanol–water partition coefficient (Wildman–Crippen LogP) is 2.98. The number of fused-ring (bicyclic) bond motifs is 1. The first-order valence-corrected chi connectivity index (χ1v) is 6.45. The van der Waals surface area contributed by atoms with Crippen LogP contribution in [0.4, 0.5) is 4.39 Å². The number of nitrogens with one attached hydrogen (secondary N) is 2. The van der Waals surface area contributed by atoms with Crippen LogP contribution in [0.15, 0.2) is 42.1 Å². The van der Waals surface area contributed by atoms with E-state index in [1.165, 1.54) is 12.1 Å². The third-order valence-corrected chi connectivity index (χ3v) is 3.73. The van der Waals surface area contributed by atoms with Gasteiger partial charge in [-0.3, -0.25) is 10.2 Å². The van der Waals surface area contributed by atoms with Crippen LogP contribution in [0.25, 0.3) is 16.8 Å². The molecular formula is C16H15FN2O. The molecule has 3 nitrogen and oxygen atoms in total. The van der Waals surface area contributed by atoms with E-state index in [4.69, 9.17) is 0 Å². The zero-order chi connectivity index (χ0) is 14.3. The minimum atomic E-state index is -0.616. The lowest BCUT2D eigenvalue weighted by Gasteiger charge is -2.14. The van der Waals surface area contributed by atoms with E-state index in [0.29, 0.717) is 0 Å². The first-order chi connectivity index (χ1) is 9.48. The second-order valence-corrected chi connectivity index (χ2v) is 5.47. The van der Waals surface area contributed by atoms with Crippen LogP contribution in [0.1, 0.15) is 19.4 Å². The highest BCUT2D eigenvalue weighted by atomic mass is 19.1. The molecule has 1 heterocycles. The summed E-state index contributed by atoms with van der Waals surface area (Å²) < 4.78 is 13.4. The molecule has 0 aromatic heterocycles. The molecule has 1 amide bonds. The van der Waals surface area contributed by atoms with Gasteiger partial charge in [-0.2, -0.15) is 0 Å². The minimum Gasteiger partial charge on any atom is -0.302 e. The van der Waals surface area contributed by atoms with E-state index in [1.807, 2.05) is 38.1 Å². The van der Waals surface area contributed by atoms with Gasteiger partial charge in [0.05, 0.1) is 5.41 Å². The fraction of sp³-hybridized carbons (Fsp3) is 0.188. The summed E-state index contributed by atoms with van der Waals surface area (Å²) in [7, 11) is 0. The van der Waals surface area contributed by atoms with Crippen LogP contribution in [0, 0.1) is 11.2 Å². The van der Waals surface area contributed by atoms with Crippen LogP contribution < -0.4 is 10.9 Å². The standard InChI is InChI=1S/C16H15FN2O/c1-16(2)14(18-19-15(16)20)8-11-5-3-4-10-6-7-12(17)9-13(10)11/h3-9,18H,1-2H3,(H,19,20)/b14-8-. The van der Waals surface area contributed by atoms with Gasteiger partial charge in [-0.15, -0.1) is 0 Å². The van der Waals surface area contributed by atoms with E-state index < -0.39 is 5.41 Å². The molecule has 2 aromatic rings. The quantitative estimate of drug-likeness (QED) is 0.836. The molecule has 0 radical (unpaired) electrons. The number of hydrogen-bond acceptors (Lipinski definition) is 2. The Morgan fingerprint density at radius 3 is 2.65 bits per heavy atom. The second kappa shape index (κ2) is 4.34. The van der Waals surface area contributed by atoms with Crippen molar-refractivity contribution in [1.82, 2.24) is 10.9 Å². The molecule has 2 aromatic carbocycles. The molecule has 0 aliphatic carbocycles. The van der Waals surface area contributed by atoms with Gasteiger partial charge in [0, 0.05) is 5.70 Å². The Balaban J connectivity index is 2.16. The Kier molecular flexibility index (Phi) is 2.74. The molecule has 0 unspecified atom stereocenters. The largest absolute Gasteiger partial charge is 0.302 e. The van der Waals surface area contributed by atoms with E-state index >= 15 is 0 Å². The average molecular weight is 270 g/mol. The van der Waals surface area contributed by atoms with Gasteiger partial charge in [0.25, 0.3) is 0 Å². The van der Waals surface area contributed by atoms with Gasteiger partial charge in [0.2, 0.25) is 5.91 Å². The molecule has 0 atom stereocenters.